The number of nitrogens with one attached hydrogen (secondary N) is 2. The predicted molar refractivity (Wildman–Crippen MR) is 126 cm³/mol. The van der Waals surface area contributed by atoms with Crippen molar-refractivity contribution in [3.63, 3.8) is 0 Å². The van der Waals surface area contributed by atoms with E-state index in [0.717, 1.165) is 6.42 Å². The summed E-state index contributed by atoms with van der Waals surface area (Å²) in [5.41, 5.74) is 6.04. The van der Waals surface area contributed by atoms with Crippen molar-refractivity contribution in [3.05, 3.63) is 0 Å². The third kappa shape index (κ3) is 7.65. The van der Waals surface area contributed by atoms with Crippen LogP contribution in [0.15, 0.2) is 0 Å². The van der Waals surface area contributed by atoms with Crippen LogP contribution >= 0.6 is 11.8 Å². The number of thioether (sulfide) groups is 1. The van der Waals surface area contributed by atoms with Crippen molar-refractivity contribution in [1.29, 1.82) is 0 Å². The van der Waals surface area contributed by atoms with E-state index in [2.05, 4.69) is 10.6 Å². The van der Waals surface area contributed by atoms with Gasteiger partial charge in [0.25, 0.3) is 0 Å². The molecule has 0 saturated carbocycles. The van der Waals surface area contributed by atoms with E-state index in [4.69, 9.17) is 5.73 Å². The Morgan fingerprint density at radius 1 is 1.09 bits per heavy atom. The fourth-order valence-corrected chi connectivity index (χ4v) is 4.18. The van der Waals surface area contributed by atoms with Gasteiger partial charge in [-0.1, -0.05) is 40.5 Å². The molecule has 10 heteroatoms. The molecule has 0 bridgehead atoms. The van der Waals surface area contributed by atoms with Crippen LogP contribution in [0.3, 0.4) is 0 Å². The molecule has 0 radical (unpaired) electrons. The van der Waals surface area contributed by atoms with Gasteiger partial charge in [-0.15, -0.1) is 0 Å². The number of amides is 3. The number of nitrogens with zero attached hydrogens (tertiary/aromatic N) is 1. The molecule has 3 amide bonds. The maximum absolute atomic E-state index is 13.2. The molecule has 1 heterocycles. The van der Waals surface area contributed by atoms with Crippen LogP contribution in [0.2, 0.25) is 0 Å². The normalized spacial score (nSPS) is 20.7. The summed E-state index contributed by atoms with van der Waals surface area (Å²) in [5.74, 6) is -1.83. The molecular formula is C22H40N4O5S. The highest BCUT2D eigenvalue weighted by Gasteiger charge is 2.38. The van der Waals surface area contributed by atoms with E-state index >= 15 is 0 Å². The molecule has 1 aliphatic rings. The minimum Gasteiger partial charge on any atom is -0.480 e. The van der Waals surface area contributed by atoms with Gasteiger partial charge in [-0.2, -0.15) is 11.8 Å². The van der Waals surface area contributed by atoms with Crippen molar-refractivity contribution in [1.82, 2.24) is 15.5 Å². The van der Waals surface area contributed by atoms with Gasteiger partial charge >= 0.3 is 5.97 Å². The summed E-state index contributed by atoms with van der Waals surface area (Å²) < 4.78 is 0. The van der Waals surface area contributed by atoms with E-state index in [1.807, 2.05) is 34.0 Å². The number of carboxylic acid groups (broad SMARTS) is 1. The molecule has 1 fully saturated rings. The van der Waals surface area contributed by atoms with Gasteiger partial charge < -0.3 is 26.4 Å². The van der Waals surface area contributed by atoms with Crippen LogP contribution in [-0.2, 0) is 19.2 Å². The number of rotatable bonds is 13. The molecule has 1 rings (SSSR count). The van der Waals surface area contributed by atoms with Crippen molar-refractivity contribution in [3.8, 4) is 0 Å². The van der Waals surface area contributed by atoms with E-state index in [-0.39, 0.29) is 17.7 Å². The highest BCUT2D eigenvalue weighted by molar-refractivity contribution is 7.98. The lowest BCUT2D eigenvalue weighted by molar-refractivity contribution is -0.149. The number of nitrogens with two attached hydrogens (primary N) is 1. The Bertz CT molecular complexity index is 662. The molecule has 5 N–H and O–H groups in total. The molecular weight excluding hydrogens is 432 g/mol. The zero-order chi connectivity index (χ0) is 24.4. The Morgan fingerprint density at radius 3 is 2.25 bits per heavy atom. The van der Waals surface area contributed by atoms with Crippen LogP contribution in [0.1, 0.15) is 59.8 Å². The molecule has 0 spiro atoms. The summed E-state index contributed by atoms with van der Waals surface area (Å²) in [6.07, 6.45) is 4.68. The monoisotopic (exact) mass is 472 g/mol. The first-order valence-electron chi connectivity index (χ1n) is 11.5. The fourth-order valence-electron chi connectivity index (χ4n) is 3.71. The van der Waals surface area contributed by atoms with Gasteiger partial charge in [0, 0.05) is 6.54 Å². The third-order valence-electron chi connectivity index (χ3n) is 6.40. The SMILES string of the molecule is CCC(C)C(N)C(=O)NC(C(=O)NC(CCSC)C(=O)N1CCCC1C(=O)O)C(C)CC. The number of carboxylic acids is 1. The van der Waals surface area contributed by atoms with Crippen molar-refractivity contribution in [2.24, 2.45) is 17.6 Å². The highest BCUT2D eigenvalue weighted by Crippen LogP contribution is 2.20. The molecule has 0 aromatic rings. The van der Waals surface area contributed by atoms with Crippen LogP contribution in [-0.4, -0.2) is 76.4 Å². The summed E-state index contributed by atoms with van der Waals surface area (Å²) in [4.78, 5) is 51.9. The summed E-state index contributed by atoms with van der Waals surface area (Å²) in [5, 5.41) is 15.0. The van der Waals surface area contributed by atoms with Crippen LogP contribution in [0.4, 0.5) is 0 Å². The van der Waals surface area contributed by atoms with Gasteiger partial charge in [0.15, 0.2) is 0 Å². The topological polar surface area (TPSA) is 142 Å². The molecule has 1 saturated heterocycles. The van der Waals surface area contributed by atoms with Gasteiger partial charge in [-0.05, 0) is 43.1 Å². The first-order chi connectivity index (χ1) is 15.1. The second-order valence-electron chi connectivity index (χ2n) is 8.65. The lowest BCUT2D eigenvalue weighted by Gasteiger charge is -2.30. The molecule has 0 aromatic heterocycles. The number of carbonyl (C=O) groups excluding carboxylic acids is 3. The maximum Gasteiger partial charge on any atom is 0.326 e. The number of likely N-dealkylation sites (tertiary alicyclic amines) is 1. The summed E-state index contributed by atoms with van der Waals surface area (Å²) in [7, 11) is 0. The Kier molecular flexibility index (Phi) is 12.1. The van der Waals surface area contributed by atoms with Crippen molar-refractivity contribution in [2.45, 2.75) is 84.0 Å². The number of aliphatic carboxylic acids is 1. The van der Waals surface area contributed by atoms with Gasteiger partial charge in [0.05, 0.1) is 6.04 Å². The lowest BCUT2D eigenvalue weighted by atomic mass is 9.95. The standard InChI is InChI=1S/C22H40N4O5S/c1-6-13(3)17(23)19(27)25-18(14(4)7-2)20(28)24-15(10-12-32-5)21(29)26-11-8-9-16(26)22(30)31/h13-18H,6-12,23H2,1-5H3,(H,24,28)(H,25,27)(H,30,31). The Balaban J connectivity index is 3.01. The minimum absolute atomic E-state index is 0.0327. The van der Waals surface area contributed by atoms with E-state index in [0.29, 0.717) is 38.0 Å². The molecule has 1 aliphatic heterocycles. The quantitative estimate of drug-likeness (QED) is 0.315. The zero-order valence-corrected chi connectivity index (χ0v) is 20.7. The Labute approximate surface area is 195 Å². The van der Waals surface area contributed by atoms with E-state index in [1.165, 1.54) is 16.7 Å². The molecule has 0 aromatic carbocycles. The van der Waals surface area contributed by atoms with Crippen LogP contribution in [0, 0.1) is 11.8 Å². The van der Waals surface area contributed by atoms with Crippen LogP contribution in [0.5, 0.6) is 0 Å². The molecule has 0 aliphatic carbocycles. The fraction of sp³-hybridized carbons (Fsp3) is 0.818. The van der Waals surface area contributed by atoms with Crippen molar-refractivity contribution >= 4 is 35.5 Å². The van der Waals surface area contributed by atoms with Crippen LogP contribution in [0.25, 0.3) is 0 Å². The Hall–Kier alpha value is -1.81. The minimum atomic E-state index is -1.03. The van der Waals surface area contributed by atoms with E-state index in [1.54, 1.807) is 0 Å². The molecule has 184 valence electrons. The predicted octanol–water partition coefficient (Wildman–Crippen LogP) is 1.20. The number of hydrogen-bond acceptors (Lipinski definition) is 6. The maximum atomic E-state index is 13.2. The van der Waals surface area contributed by atoms with Gasteiger partial charge in [-0.3, -0.25) is 14.4 Å². The zero-order valence-electron chi connectivity index (χ0n) is 19.9. The largest absolute Gasteiger partial charge is 0.480 e. The molecule has 9 nitrogen and oxygen atoms in total. The average molecular weight is 473 g/mol. The number of hydrogen-bond donors (Lipinski definition) is 4. The molecule has 6 unspecified atom stereocenters. The van der Waals surface area contributed by atoms with Crippen molar-refractivity contribution in [2.75, 3.05) is 18.6 Å². The lowest BCUT2D eigenvalue weighted by Crippen LogP contribution is -2.59. The first-order valence-corrected chi connectivity index (χ1v) is 12.9. The highest BCUT2D eigenvalue weighted by atomic mass is 32.2. The smallest absolute Gasteiger partial charge is 0.326 e. The van der Waals surface area contributed by atoms with Gasteiger partial charge in [-0.25, -0.2) is 4.79 Å². The summed E-state index contributed by atoms with van der Waals surface area (Å²) >= 11 is 1.54. The van der Waals surface area contributed by atoms with Gasteiger partial charge in [0.2, 0.25) is 17.7 Å². The average Bonchev–Trinajstić information content (AvgIpc) is 3.28. The van der Waals surface area contributed by atoms with Crippen molar-refractivity contribution < 1.29 is 24.3 Å². The van der Waals surface area contributed by atoms with Crippen LogP contribution < -0.4 is 16.4 Å². The third-order valence-corrected chi connectivity index (χ3v) is 7.04. The number of carbonyl (C=O) groups is 4. The molecule has 32 heavy (non-hydrogen) atoms. The summed E-state index contributed by atoms with van der Waals surface area (Å²) in [6, 6.07) is -3.27. The first kappa shape index (κ1) is 28.2. The van der Waals surface area contributed by atoms with E-state index in [9.17, 15) is 24.3 Å². The second-order valence-corrected chi connectivity index (χ2v) is 9.64. The molecule has 6 atom stereocenters. The van der Waals surface area contributed by atoms with E-state index < -0.39 is 42.0 Å². The van der Waals surface area contributed by atoms with Gasteiger partial charge in [0.1, 0.15) is 18.1 Å². The second kappa shape index (κ2) is 13.7. The Morgan fingerprint density at radius 2 is 1.72 bits per heavy atom. The summed E-state index contributed by atoms with van der Waals surface area (Å²) in [6.45, 7) is 7.97.